The molecule has 0 bridgehead atoms. The van der Waals surface area contributed by atoms with Crippen LogP contribution in [-0.2, 0) is 0 Å². The zero-order valence-corrected chi connectivity index (χ0v) is 10.6. The van der Waals surface area contributed by atoms with Crippen molar-refractivity contribution in [2.75, 3.05) is 0 Å². The number of benzene rings is 3. The Hall–Kier alpha value is -1.79. The second-order valence-electron chi connectivity index (χ2n) is 4.23. The van der Waals surface area contributed by atoms with Gasteiger partial charge in [0.2, 0.25) is 0 Å². The molecule has 0 N–H and O–H groups in total. The van der Waals surface area contributed by atoms with Gasteiger partial charge in [-0.2, -0.15) is 0 Å². The number of halogens is 1. The SMILES string of the molecule is Clc1ccccc1[CH]c1cccc2ccccc12. The van der Waals surface area contributed by atoms with Crippen LogP contribution >= 0.6 is 11.6 Å². The first-order valence-corrected chi connectivity index (χ1v) is 6.29. The van der Waals surface area contributed by atoms with Gasteiger partial charge in [-0.05, 0) is 28.0 Å². The van der Waals surface area contributed by atoms with Gasteiger partial charge in [-0.15, -0.1) is 0 Å². The largest absolute Gasteiger partial charge is 0.0840 e. The van der Waals surface area contributed by atoms with Crippen molar-refractivity contribution in [2.45, 2.75) is 0 Å². The van der Waals surface area contributed by atoms with Crippen molar-refractivity contribution in [3.8, 4) is 0 Å². The Morgan fingerprint density at radius 2 is 1.33 bits per heavy atom. The van der Waals surface area contributed by atoms with Gasteiger partial charge in [0.25, 0.3) is 0 Å². The van der Waals surface area contributed by atoms with E-state index in [-0.39, 0.29) is 0 Å². The van der Waals surface area contributed by atoms with E-state index in [4.69, 9.17) is 11.6 Å². The van der Waals surface area contributed by atoms with E-state index in [9.17, 15) is 0 Å². The Morgan fingerprint density at radius 1 is 0.667 bits per heavy atom. The van der Waals surface area contributed by atoms with Crippen LogP contribution in [0.1, 0.15) is 11.1 Å². The minimum Gasteiger partial charge on any atom is -0.0840 e. The van der Waals surface area contributed by atoms with Gasteiger partial charge in [0, 0.05) is 11.4 Å². The average Bonchev–Trinajstić information content (AvgIpc) is 2.42. The molecule has 0 fully saturated rings. The van der Waals surface area contributed by atoms with Gasteiger partial charge in [-0.25, -0.2) is 0 Å². The summed E-state index contributed by atoms with van der Waals surface area (Å²) >= 11 is 6.19. The summed E-state index contributed by atoms with van der Waals surface area (Å²) in [5, 5.41) is 3.28. The molecule has 3 aromatic carbocycles. The molecular formula is C17H12Cl. The molecule has 0 saturated carbocycles. The summed E-state index contributed by atoms with van der Waals surface area (Å²) in [6.45, 7) is 0. The summed E-state index contributed by atoms with van der Waals surface area (Å²) in [4.78, 5) is 0. The van der Waals surface area contributed by atoms with Crippen LogP contribution in [0, 0.1) is 6.42 Å². The van der Waals surface area contributed by atoms with E-state index in [0.29, 0.717) is 0 Å². The number of fused-ring (bicyclic) bond motifs is 1. The molecule has 0 aromatic heterocycles. The van der Waals surface area contributed by atoms with E-state index in [1.54, 1.807) is 0 Å². The smallest absolute Gasteiger partial charge is 0.0444 e. The number of hydrogen-bond donors (Lipinski definition) is 0. The Kier molecular flexibility index (Phi) is 3.04. The average molecular weight is 252 g/mol. The minimum atomic E-state index is 0.783. The van der Waals surface area contributed by atoms with Crippen molar-refractivity contribution in [1.29, 1.82) is 0 Å². The van der Waals surface area contributed by atoms with Gasteiger partial charge >= 0.3 is 0 Å². The lowest BCUT2D eigenvalue weighted by atomic mass is 9.98. The van der Waals surface area contributed by atoms with Crippen molar-refractivity contribution >= 4 is 22.4 Å². The lowest BCUT2D eigenvalue weighted by molar-refractivity contribution is 1.46. The maximum absolute atomic E-state index is 6.19. The van der Waals surface area contributed by atoms with E-state index < -0.39 is 0 Å². The molecule has 0 amide bonds. The van der Waals surface area contributed by atoms with Crippen molar-refractivity contribution in [1.82, 2.24) is 0 Å². The highest BCUT2D eigenvalue weighted by atomic mass is 35.5. The Morgan fingerprint density at radius 3 is 2.22 bits per heavy atom. The van der Waals surface area contributed by atoms with Crippen LogP contribution in [0.4, 0.5) is 0 Å². The molecule has 0 aliphatic heterocycles. The molecule has 0 aliphatic carbocycles. The topological polar surface area (TPSA) is 0 Å². The van der Waals surface area contributed by atoms with Crippen LogP contribution in [0.25, 0.3) is 10.8 Å². The molecule has 0 saturated heterocycles. The van der Waals surface area contributed by atoms with Crippen LogP contribution < -0.4 is 0 Å². The zero-order chi connectivity index (χ0) is 12.4. The highest BCUT2D eigenvalue weighted by Crippen LogP contribution is 2.25. The molecule has 0 spiro atoms. The molecule has 1 heteroatoms. The molecule has 0 aliphatic rings. The van der Waals surface area contributed by atoms with Crippen molar-refractivity contribution < 1.29 is 0 Å². The van der Waals surface area contributed by atoms with Gasteiger partial charge in [0.15, 0.2) is 0 Å². The monoisotopic (exact) mass is 251 g/mol. The lowest BCUT2D eigenvalue weighted by Gasteiger charge is -2.07. The first kappa shape index (κ1) is 11.3. The van der Waals surface area contributed by atoms with Crippen LogP contribution in [-0.4, -0.2) is 0 Å². The first-order chi connectivity index (χ1) is 8.84. The standard InChI is InChI=1S/C17H12Cl/c18-17-11-4-2-7-15(17)12-14-9-5-8-13-6-1-3-10-16(13)14/h1-12H. The first-order valence-electron chi connectivity index (χ1n) is 5.92. The third kappa shape index (κ3) is 2.12. The van der Waals surface area contributed by atoms with E-state index in [1.807, 2.05) is 24.3 Å². The molecule has 0 unspecified atom stereocenters. The van der Waals surface area contributed by atoms with Crippen molar-refractivity contribution in [2.24, 2.45) is 0 Å². The number of rotatable bonds is 2. The molecule has 87 valence electrons. The van der Waals surface area contributed by atoms with Crippen LogP contribution in [0.5, 0.6) is 0 Å². The lowest BCUT2D eigenvalue weighted by Crippen LogP contribution is -1.88. The zero-order valence-electron chi connectivity index (χ0n) is 9.81. The summed E-state index contributed by atoms with van der Waals surface area (Å²) in [7, 11) is 0. The fraction of sp³-hybridized carbons (Fsp3) is 0. The summed E-state index contributed by atoms with van der Waals surface area (Å²) in [5.41, 5.74) is 2.25. The highest BCUT2D eigenvalue weighted by Gasteiger charge is 2.04. The van der Waals surface area contributed by atoms with Crippen LogP contribution in [0.3, 0.4) is 0 Å². The van der Waals surface area contributed by atoms with Gasteiger partial charge in [-0.3, -0.25) is 0 Å². The van der Waals surface area contributed by atoms with Crippen molar-refractivity contribution in [3.63, 3.8) is 0 Å². The van der Waals surface area contributed by atoms with Crippen molar-refractivity contribution in [3.05, 3.63) is 89.3 Å². The predicted octanol–water partition coefficient (Wildman–Crippen LogP) is 5.09. The molecule has 3 aromatic rings. The second-order valence-corrected chi connectivity index (χ2v) is 4.64. The second kappa shape index (κ2) is 4.83. The van der Waals surface area contributed by atoms with Gasteiger partial charge in [-0.1, -0.05) is 72.3 Å². The molecular weight excluding hydrogens is 240 g/mol. The van der Waals surface area contributed by atoms with E-state index >= 15 is 0 Å². The molecule has 0 heterocycles. The maximum Gasteiger partial charge on any atom is 0.0444 e. The highest BCUT2D eigenvalue weighted by molar-refractivity contribution is 6.31. The number of hydrogen-bond acceptors (Lipinski definition) is 0. The summed E-state index contributed by atoms with van der Waals surface area (Å²) < 4.78 is 0. The predicted molar refractivity (Wildman–Crippen MR) is 77.9 cm³/mol. The third-order valence-electron chi connectivity index (χ3n) is 3.04. The summed E-state index contributed by atoms with van der Waals surface area (Å²) in [6, 6.07) is 22.6. The van der Waals surface area contributed by atoms with Crippen LogP contribution in [0.15, 0.2) is 66.7 Å². The van der Waals surface area contributed by atoms with E-state index in [2.05, 4.69) is 48.9 Å². The Bertz CT molecular complexity index is 681. The van der Waals surface area contributed by atoms with E-state index in [1.165, 1.54) is 16.3 Å². The minimum absolute atomic E-state index is 0.783. The maximum atomic E-state index is 6.19. The van der Waals surface area contributed by atoms with Gasteiger partial charge in [0.1, 0.15) is 0 Å². The van der Waals surface area contributed by atoms with Gasteiger partial charge < -0.3 is 0 Å². The van der Waals surface area contributed by atoms with E-state index in [0.717, 1.165) is 10.6 Å². The fourth-order valence-corrected chi connectivity index (χ4v) is 2.33. The molecule has 1 radical (unpaired) electrons. The summed E-state index contributed by atoms with van der Waals surface area (Å²) in [5.74, 6) is 0. The third-order valence-corrected chi connectivity index (χ3v) is 3.38. The summed E-state index contributed by atoms with van der Waals surface area (Å²) in [6.07, 6.45) is 2.13. The Labute approximate surface area is 112 Å². The van der Waals surface area contributed by atoms with Gasteiger partial charge in [0.05, 0.1) is 0 Å². The molecule has 0 atom stereocenters. The molecule has 3 rings (SSSR count). The Balaban J connectivity index is 2.08. The molecule has 0 nitrogen and oxygen atoms in total. The fourth-order valence-electron chi connectivity index (χ4n) is 2.14. The van der Waals surface area contributed by atoms with Crippen LogP contribution in [0.2, 0.25) is 5.02 Å². The normalized spacial score (nSPS) is 10.7. The molecule has 18 heavy (non-hydrogen) atoms. The quantitative estimate of drug-likeness (QED) is 0.595.